The van der Waals surface area contributed by atoms with Gasteiger partial charge in [0.15, 0.2) is 11.2 Å². The van der Waals surface area contributed by atoms with E-state index in [0.717, 1.165) is 29.9 Å². The molecule has 1 atom stereocenters. The third kappa shape index (κ3) is 2.37. The molecule has 0 spiro atoms. The summed E-state index contributed by atoms with van der Waals surface area (Å²) in [6, 6.07) is 0.161. The average Bonchev–Trinajstić information content (AvgIpc) is 2.91. The lowest BCUT2D eigenvalue weighted by Crippen LogP contribution is -2.44. The summed E-state index contributed by atoms with van der Waals surface area (Å²) in [5.41, 5.74) is 6.32. The van der Waals surface area contributed by atoms with Gasteiger partial charge in [0.25, 0.3) is 5.56 Å². The van der Waals surface area contributed by atoms with E-state index in [1.165, 1.54) is 11.6 Å². The molecule has 1 aliphatic heterocycles. The molecule has 23 heavy (non-hydrogen) atoms. The van der Waals surface area contributed by atoms with Crippen LogP contribution in [0.2, 0.25) is 0 Å². The number of aryl methyl sites for hydroxylation is 1. The van der Waals surface area contributed by atoms with Gasteiger partial charge in [-0.05, 0) is 26.7 Å². The van der Waals surface area contributed by atoms with Crippen LogP contribution in [0.15, 0.2) is 9.59 Å². The van der Waals surface area contributed by atoms with E-state index in [1.54, 1.807) is 7.05 Å². The van der Waals surface area contributed by atoms with Crippen molar-refractivity contribution in [2.45, 2.75) is 38.8 Å². The summed E-state index contributed by atoms with van der Waals surface area (Å²) in [7, 11) is 3.14. The Morgan fingerprint density at radius 1 is 1.22 bits per heavy atom. The SMILES string of the molecule is CC(C)n1c(N2CCCC(N)C2)nc2c1c(=O)n(C)c(=O)n2C. The Kier molecular flexibility index (Phi) is 3.79. The van der Waals surface area contributed by atoms with Gasteiger partial charge in [-0.2, -0.15) is 4.98 Å². The molecule has 1 unspecified atom stereocenters. The van der Waals surface area contributed by atoms with Gasteiger partial charge in [0.2, 0.25) is 5.95 Å². The number of nitrogens with two attached hydrogens (primary N) is 1. The zero-order valence-corrected chi connectivity index (χ0v) is 14.1. The van der Waals surface area contributed by atoms with Crippen molar-refractivity contribution >= 4 is 17.1 Å². The highest BCUT2D eigenvalue weighted by Gasteiger charge is 2.26. The molecule has 0 aromatic carbocycles. The van der Waals surface area contributed by atoms with Crippen LogP contribution in [-0.4, -0.2) is 37.8 Å². The average molecular weight is 320 g/mol. The molecule has 0 amide bonds. The maximum atomic E-state index is 12.6. The van der Waals surface area contributed by atoms with Gasteiger partial charge in [-0.15, -0.1) is 0 Å². The normalized spacial score (nSPS) is 19.0. The minimum Gasteiger partial charge on any atom is -0.341 e. The minimum atomic E-state index is -0.363. The molecule has 1 fully saturated rings. The highest BCUT2D eigenvalue weighted by atomic mass is 16.2. The Labute approximate surface area is 134 Å². The van der Waals surface area contributed by atoms with Crippen molar-refractivity contribution in [2.24, 2.45) is 19.8 Å². The van der Waals surface area contributed by atoms with E-state index in [-0.39, 0.29) is 23.3 Å². The Hall–Kier alpha value is -2.09. The van der Waals surface area contributed by atoms with Crippen LogP contribution in [-0.2, 0) is 14.1 Å². The predicted molar refractivity (Wildman–Crippen MR) is 90.0 cm³/mol. The summed E-state index contributed by atoms with van der Waals surface area (Å²) in [5.74, 6) is 0.725. The summed E-state index contributed by atoms with van der Waals surface area (Å²) in [5, 5.41) is 0. The third-order valence-electron chi connectivity index (χ3n) is 4.53. The molecule has 2 aromatic rings. The number of rotatable bonds is 2. The van der Waals surface area contributed by atoms with E-state index in [9.17, 15) is 9.59 Å². The molecule has 2 N–H and O–H groups in total. The first-order valence-electron chi connectivity index (χ1n) is 8.01. The smallest absolute Gasteiger partial charge is 0.332 e. The van der Waals surface area contributed by atoms with Crippen LogP contribution in [0, 0.1) is 0 Å². The minimum absolute atomic E-state index is 0.0540. The summed E-state index contributed by atoms with van der Waals surface area (Å²) in [6.07, 6.45) is 2.00. The second kappa shape index (κ2) is 5.52. The van der Waals surface area contributed by atoms with Crippen molar-refractivity contribution < 1.29 is 0 Å². The van der Waals surface area contributed by atoms with Crippen molar-refractivity contribution in [2.75, 3.05) is 18.0 Å². The number of nitrogens with zero attached hydrogens (tertiary/aromatic N) is 5. The van der Waals surface area contributed by atoms with Gasteiger partial charge in [-0.1, -0.05) is 0 Å². The van der Waals surface area contributed by atoms with E-state index < -0.39 is 0 Å². The maximum Gasteiger partial charge on any atom is 0.332 e. The summed E-state index contributed by atoms with van der Waals surface area (Å²) in [4.78, 5) is 31.6. The van der Waals surface area contributed by atoms with Crippen molar-refractivity contribution in [3.8, 4) is 0 Å². The van der Waals surface area contributed by atoms with Crippen molar-refractivity contribution in [1.82, 2.24) is 18.7 Å². The molecule has 3 rings (SSSR count). The zero-order valence-electron chi connectivity index (χ0n) is 14.1. The monoisotopic (exact) mass is 320 g/mol. The molecule has 1 aliphatic rings. The first kappa shape index (κ1) is 15.8. The molecule has 1 saturated heterocycles. The lowest BCUT2D eigenvalue weighted by Gasteiger charge is -2.32. The Balaban J connectivity index is 2.33. The van der Waals surface area contributed by atoms with Gasteiger partial charge in [0, 0.05) is 39.3 Å². The van der Waals surface area contributed by atoms with Crippen molar-refractivity contribution in [3.63, 3.8) is 0 Å². The van der Waals surface area contributed by atoms with E-state index >= 15 is 0 Å². The Morgan fingerprint density at radius 2 is 1.91 bits per heavy atom. The second-order valence-electron chi connectivity index (χ2n) is 6.60. The number of hydrogen-bond donors (Lipinski definition) is 1. The molecule has 0 aliphatic carbocycles. The van der Waals surface area contributed by atoms with Crippen LogP contribution in [0.1, 0.15) is 32.7 Å². The second-order valence-corrected chi connectivity index (χ2v) is 6.60. The molecule has 0 bridgehead atoms. The molecule has 8 heteroatoms. The number of fused-ring (bicyclic) bond motifs is 1. The van der Waals surface area contributed by atoms with Crippen LogP contribution in [0.25, 0.3) is 11.2 Å². The predicted octanol–water partition coefficient (Wildman–Crippen LogP) is -0.0579. The van der Waals surface area contributed by atoms with Gasteiger partial charge < -0.3 is 15.2 Å². The Morgan fingerprint density at radius 3 is 2.52 bits per heavy atom. The topological polar surface area (TPSA) is 91.1 Å². The molecule has 2 aromatic heterocycles. The summed E-state index contributed by atoms with van der Waals surface area (Å²) < 4.78 is 4.49. The molecular weight excluding hydrogens is 296 g/mol. The fourth-order valence-corrected chi connectivity index (χ4v) is 3.31. The highest BCUT2D eigenvalue weighted by Crippen LogP contribution is 2.26. The number of piperidine rings is 1. The maximum absolute atomic E-state index is 12.6. The third-order valence-corrected chi connectivity index (χ3v) is 4.53. The number of aromatic nitrogens is 4. The lowest BCUT2D eigenvalue weighted by molar-refractivity contribution is 0.487. The van der Waals surface area contributed by atoms with Crippen LogP contribution < -0.4 is 21.9 Å². The first-order chi connectivity index (χ1) is 10.8. The van der Waals surface area contributed by atoms with Crippen LogP contribution in [0.4, 0.5) is 5.95 Å². The molecule has 3 heterocycles. The van der Waals surface area contributed by atoms with Crippen LogP contribution in [0.3, 0.4) is 0 Å². The number of hydrogen-bond acceptors (Lipinski definition) is 5. The fraction of sp³-hybridized carbons (Fsp3) is 0.667. The molecule has 0 saturated carbocycles. The number of anilines is 1. The van der Waals surface area contributed by atoms with Crippen LogP contribution >= 0.6 is 0 Å². The van der Waals surface area contributed by atoms with Crippen LogP contribution in [0.5, 0.6) is 0 Å². The highest BCUT2D eigenvalue weighted by molar-refractivity contribution is 5.75. The van der Waals surface area contributed by atoms with Gasteiger partial charge in [-0.25, -0.2) is 4.79 Å². The van der Waals surface area contributed by atoms with Gasteiger partial charge in [0.1, 0.15) is 0 Å². The zero-order chi connectivity index (χ0) is 16.9. The van der Waals surface area contributed by atoms with Crippen molar-refractivity contribution in [3.05, 3.63) is 20.8 Å². The van der Waals surface area contributed by atoms with E-state index in [1.807, 2.05) is 18.4 Å². The first-order valence-corrected chi connectivity index (χ1v) is 8.01. The number of imidazole rings is 1. The molecule has 0 radical (unpaired) electrons. The van der Waals surface area contributed by atoms with Crippen molar-refractivity contribution in [1.29, 1.82) is 0 Å². The quantitative estimate of drug-likeness (QED) is 0.837. The van der Waals surface area contributed by atoms with E-state index in [2.05, 4.69) is 9.88 Å². The largest absolute Gasteiger partial charge is 0.341 e. The molecule has 8 nitrogen and oxygen atoms in total. The van der Waals surface area contributed by atoms with Gasteiger partial charge >= 0.3 is 5.69 Å². The van der Waals surface area contributed by atoms with E-state index in [0.29, 0.717) is 17.7 Å². The fourth-order valence-electron chi connectivity index (χ4n) is 3.31. The summed E-state index contributed by atoms with van der Waals surface area (Å²) in [6.45, 7) is 5.60. The standard InChI is InChI=1S/C15H24N6O2/c1-9(2)21-11-12(18(3)15(23)19(4)13(11)22)17-14(21)20-7-5-6-10(16)8-20/h9-10H,5-8,16H2,1-4H3. The summed E-state index contributed by atoms with van der Waals surface area (Å²) >= 11 is 0. The van der Waals surface area contributed by atoms with Gasteiger partial charge in [0.05, 0.1) is 0 Å². The Bertz CT molecular complexity index is 859. The van der Waals surface area contributed by atoms with Gasteiger partial charge in [-0.3, -0.25) is 13.9 Å². The molecular formula is C15H24N6O2. The lowest BCUT2D eigenvalue weighted by atomic mass is 10.1. The van der Waals surface area contributed by atoms with E-state index in [4.69, 9.17) is 5.73 Å². The molecule has 126 valence electrons.